The molecule has 1 saturated heterocycles. The van der Waals surface area contributed by atoms with E-state index in [9.17, 15) is 29.2 Å². The second kappa shape index (κ2) is 13.2. The van der Waals surface area contributed by atoms with E-state index in [0.29, 0.717) is 41.1 Å². The van der Waals surface area contributed by atoms with E-state index < -0.39 is 42.5 Å². The van der Waals surface area contributed by atoms with Crippen LogP contribution < -0.4 is 10.6 Å². The number of thioether (sulfide) groups is 1. The summed E-state index contributed by atoms with van der Waals surface area (Å²) in [7, 11) is 3.17. The van der Waals surface area contributed by atoms with Gasteiger partial charge in [-0.15, -0.1) is 11.3 Å². The minimum Gasteiger partial charge on any atom is -0.459 e. The van der Waals surface area contributed by atoms with Gasteiger partial charge in [0.2, 0.25) is 23.6 Å². The highest BCUT2D eigenvalue weighted by Gasteiger charge is 2.36. The first-order valence-electron chi connectivity index (χ1n) is 13.1. The third-order valence-corrected chi connectivity index (χ3v) is 9.02. The van der Waals surface area contributed by atoms with Crippen LogP contribution in [0.1, 0.15) is 40.6 Å². The van der Waals surface area contributed by atoms with Crippen LogP contribution in [0.4, 0.5) is 0 Å². The van der Waals surface area contributed by atoms with Crippen molar-refractivity contribution in [2.75, 3.05) is 33.0 Å². The predicted octanol–water partition coefficient (Wildman–Crippen LogP) is 1.76. The minimum atomic E-state index is -1.29. The van der Waals surface area contributed by atoms with E-state index in [4.69, 9.17) is 4.74 Å². The van der Waals surface area contributed by atoms with Gasteiger partial charge in [0.15, 0.2) is 0 Å². The van der Waals surface area contributed by atoms with E-state index in [2.05, 4.69) is 16.7 Å². The van der Waals surface area contributed by atoms with Crippen molar-refractivity contribution >= 4 is 52.7 Å². The van der Waals surface area contributed by atoms with Crippen molar-refractivity contribution in [2.24, 2.45) is 0 Å². The van der Waals surface area contributed by atoms with Crippen molar-refractivity contribution in [3.63, 3.8) is 0 Å². The summed E-state index contributed by atoms with van der Waals surface area (Å²) in [5.41, 5.74) is 1.74. The standard InChI is InChI=1S/C28H31N5O6S2/c1-16(34)33-11-5-8-23(33)26(36)30-21-13-39-28(38)19-7-4-6-18(24-10-9-17(12-29)41-24)20(19)14-40-15-22(31-25(21)35)27(37)32(2)3/h4,6-7,9-10,21-23H,5,8,11,13-15H2,1-3H3,(H,30,36)(H,31,35)/t21-,22-,23+/m1/s1. The van der Waals surface area contributed by atoms with E-state index in [1.165, 1.54) is 39.8 Å². The van der Waals surface area contributed by atoms with Crippen molar-refractivity contribution in [3.8, 4) is 16.5 Å². The van der Waals surface area contributed by atoms with Gasteiger partial charge in [0.1, 0.15) is 35.7 Å². The molecule has 0 radical (unpaired) electrons. The van der Waals surface area contributed by atoms with E-state index in [-0.39, 0.29) is 17.6 Å². The number of hydrogen-bond acceptors (Lipinski definition) is 9. The number of fused-ring (bicyclic) bond motifs is 1. The van der Waals surface area contributed by atoms with Crippen LogP contribution >= 0.6 is 23.1 Å². The molecular formula is C28H31N5O6S2. The number of nitrogens with one attached hydrogen (secondary N) is 2. The molecule has 3 heterocycles. The maximum absolute atomic E-state index is 13.4. The summed E-state index contributed by atoms with van der Waals surface area (Å²) in [4.78, 5) is 69.0. The van der Waals surface area contributed by atoms with E-state index in [1.807, 2.05) is 12.1 Å². The molecule has 1 aromatic heterocycles. The van der Waals surface area contributed by atoms with Gasteiger partial charge in [-0.25, -0.2) is 4.79 Å². The normalized spacial score (nSPS) is 21.3. The zero-order chi connectivity index (χ0) is 29.7. The number of nitrogens with zero attached hydrogens (tertiary/aromatic N) is 3. The van der Waals surface area contributed by atoms with Gasteiger partial charge in [-0.2, -0.15) is 17.0 Å². The van der Waals surface area contributed by atoms with Crippen LogP contribution in [-0.2, 0) is 29.7 Å². The lowest BCUT2D eigenvalue weighted by atomic mass is 10.0. The van der Waals surface area contributed by atoms with Gasteiger partial charge in [-0.3, -0.25) is 19.2 Å². The summed E-state index contributed by atoms with van der Waals surface area (Å²) in [6.07, 6.45) is 1.10. The molecule has 1 fully saturated rings. The topological polar surface area (TPSA) is 149 Å². The highest BCUT2D eigenvalue weighted by molar-refractivity contribution is 7.98. The second-order valence-corrected chi connectivity index (χ2v) is 12.1. The first-order valence-corrected chi connectivity index (χ1v) is 15.0. The van der Waals surface area contributed by atoms with Gasteiger partial charge >= 0.3 is 5.97 Å². The van der Waals surface area contributed by atoms with Crippen LogP contribution in [0.25, 0.3) is 10.4 Å². The van der Waals surface area contributed by atoms with Crippen LogP contribution in [0, 0.1) is 11.3 Å². The summed E-state index contributed by atoms with van der Waals surface area (Å²) < 4.78 is 5.57. The number of cyclic esters (lactones) is 1. The van der Waals surface area contributed by atoms with Gasteiger partial charge < -0.3 is 25.2 Å². The number of likely N-dealkylation sites (tertiary alicyclic amines) is 1. The molecule has 3 atom stereocenters. The Morgan fingerprint density at radius 1 is 1.17 bits per heavy atom. The molecule has 2 aliphatic rings. The number of esters is 1. The number of carbonyl (C=O) groups excluding carboxylic acids is 5. The van der Waals surface area contributed by atoms with Crippen molar-refractivity contribution in [1.82, 2.24) is 20.4 Å². The average molecular weight is 598 g/mol. The Hall–Kier alpha value is -3.89. The molecule has 2 aromatic rings. The van der Waals surface area contributed by atoms with Gasteiger partial charge in [0.05, 0.1) is 5.56 Å². The van der Waals surface area contributed by atoms with Gasteiger partial charge in [0, 0.05) is 43.9 Å². The number of hydrogen-bond donors (Lipinski definition) is 2. The van der Waals surface area contributed by atoms with Crippen molar-refractivity contribution in [3.05, 3.63) is 46.3 Å². The molecule has 216 valence electrons. The van der Waals surface area contributed by atoms with Crippen LogP contribution in [0.15, 0.2) is 30.3 Å². The molecule has 13 heteroatoms. The molecule has 11 nitrogen and oxygen atoms in total. The molecule has 0 spiro atoms. The van der Waals surface area contributed by atoms with Gasteiger partial charge in [0.25, 0.3) is 0 Å². The van der Waals surface area contributed by atoms with Crippen molar-refractivity contribution in [2.45, 2.75) is 43.6 Å². The summed E-state index contributed by atoms with van der Waals surface area (Å²) in [5.74, 6) is -1.88. The van der Waals surface area contributed by atoms with E-state index >= 15 is 0 Å². The molecule has 4 rings (SSSR count). The largest absolute Gasteiger partial charge is 0.459 e. The summed E-state index contributed by atoms with van der Waals surface area (Å²) >= 11 is 2.67. The highest BCUT2D eigenvalue weighted by Crippen LogP contribution is 2.35. The maximum atomic E-state index is 13.4. The predicted molar refractivity (Wildman–Crippen MR) is 154 cm³/mol. The highest BCUT2D eigenvalue weighted by atomic mass is 32.2. The monoisotopic (exact) mass is 597 g/mol. The first kappa shape index (κ1) is 30.1. The van der Waals surface area contributed by atoms with Crippen molar-refractivity contribution in [1.29, 1.82) is 5.26 Å². The Labute approximate surface area is 246 Å². The quantitative estimate of drug-likeness (QED) is 0.507. The summed E-state index contributed by atoms with van der Waals surface area (Å²) in [6, 6.07) is 7.95. The average Bonchev–Trinajstić information content (AvgIpc) is 3.63. The molecule has 0 saturated carbocycles. The molecular weight excluding hydrogens is 566 g/mol. The first-order chi connectivity index (χ1) is 19.6. The number of benzene rings is 1. The number of rotatable bonds is 4. The third kappa shape index (κ3) is 6.89. The maximum Gasteiger partial charge on any atom is 0.338 e. The summed E-state index contributed by atoms with van der Waals surface area (Å²) in [6.45, 7) is 1.35. The number of thiophene rings is 1. The summed E-state index contributed by atoms with van der Waals surface area (Å²) in [5, 5.41) is 14.7. The van der Waals surface area contributed by atoms with Crippen LogP contribution in [-0.4, -0.2) is 90.5 Å². The molecule has 0 unspecified atom stereocenters. The van der Waals surface area contributed by atoms with Gasteiger partial charge in [-0.1, -0.05) is 12.1 Å². The number of likely N-dealkylation sites (N-methyl/N-ethyl adjacent to an activating group) is 1. The Morgan fingerprint density at radius 2 is 1.93 bits per heavy atom. The van der Waals surface area contributed by atoms with E-state index in [1.54, 1.807) is 32.3 Å². The Bertz CT molecular complexity index is 1400. The third-order valence-electron chi connectivity index (χ3n) is 6.94. The second-order valence-electron chi connectivity index (χ2n) is 9.95. The lowest BCUT2D eigenvalue weighted by Crippen LogP contribution is -2.58. The molecule has 41 heavy (non-hydrogen) atoms. The van der Waals surface area contributed by atoms with Crippen molar-refractivity contribution < 1.29 is 28.7 Å². The molecule has 2 aliphatic heterocycles. The smallest absolute Gasteiger partial charge is 0.338 e. The van der Waals surface area contributed by atoms with Crippen LogP contribution in [0.3, 0.4) is 0 Å². The fourth-order valence-electron chi connectivity index (χ4n) is 4.85. The number of ether oxygens (including phenoxy) is 1. The van der Waals surface area contributed by atoms with Crippen LogP contribution in [0.5, 0.6) is 0 Å². The van der Waals surface area contributed by atoms with Gasteiger partial charge in [-0.05, 0) is 42.2 Å². The fourth-order valence-corrected chi connectivity index (χ4v) is 6.80. The number of nitriles is 1. The Kier molecular flexibility index (Phi) is 9.67. The number of carbonyl (C=O) groups is 5. The lowest BCUT2D eigenvalue weighted by Gasteiger charge is -2.28. The molecule has 0 aliphatic carbocycles. The van der Waals surface area contributed by atoms with Crippen LogP contribution in [0.2, 0.25) is 0 Å². The minimum absolute atomic E-state index is 0.209. The molecule has 2 N–H and O–H groups in total. The van der Waals surface area contributed by atoms with E-state index in [0.717, 1.165) is 10.4 Å². The molecule has 1 aromatic carbocycles. The zero-order valence-corrected chi connectivity index (χ0v) is 24.6. The number of amides is 4. The zero-order valence-electron chi connectivity index (χ0n) is 23.0. The fraction of sp³-hybridized carbons (Fsp3) is 0.429. The SMILES string of the molecule is CC(=O)N1CCC[C@H]1C(=O)N[C@@H]1COC(=O)c2cccc(-c3ccc(C#N)s3)c2CSC[C@H](C(=O)N(C)C)NC1=O. The lowest BCUT2D eigenvalue weighted by molar-refractivity contribution is -0.139. The Morgan fingerprint density at radius 3 is 2.61 bits per heavy atom. The molecule has 4 amide bonds. The Balaban J connectivity index is 1.66. The molecule has 0 bridgehead atoms.